The third kappa shape index (κ3) is 3.29. The molecule has 0 aliphatic heterocycles. The van der Waals surface area contributed by atoms with E-state index >= 15 is 0 Å². The van der Waals surface area contributed by atoms with E-state index in [1.54, 1.807) is 17.8 Å². The van der Waals surface area contributed by atoms with Gasteiger partial charge in [0.25, 0.3) is 0 Å². The van der Waals surface area contributed by atoms with Crippen LogP contribution in [0.5, 0.6) is 11.6 Å². The smallest absolute Gasteiger partial charge is 0.319 e. The summed E-state index contributed by atoms with van der Waals surface area (Å²) in [6.45, 7) is 4.19. The van der Waals surface area contributed by atoms with Crippen LogP contribution in [0, 0.1) is 5.41 Å². The summed E-state index contributed by atoms with van der Waals surface area (Å²) >= 11 is 1.69. The second kappa shape index (κ2) is 7.56. The van der Waals surface area contributed by atoms with E-state index in [9.17, 15) is 4.79 Å². The molecule has 1 saturated carbocycles. The summed E-state index contributed by atoms with van der Waals surface area (Å²) in [5, 5.41) is 0.00400. The molecule has 0 N–H and O–H groups in total. The number of esters is 1. The number of benzene rings is 2. The average Bonchev–Trinajstić information content (AvgIpc) is 3.24. The zero-order valence-electron chi connectivity index (χ0n) is 16.7. The molecular weight excluding hydrogens is 382 g/mol. The van der Waals surface area contributed by atoms with Gasteiger partial charge >= 0.3 is 5.97 Å². The lowest BCUT2D eigenvalue weighted by Crippen LogP contribution is -2.29. The highest BCUT2D eigenvalue weighted by Gasteiger charge is 2.78. The summed E-state index contributed by atoms with van der Waals surface area (Å²) in [7, 11) is 1.44. The molecule has 29 heavy (non-hydrogen) atoms. The van der Waals surface area contributed by atoms with E-state index in [-0.39, 0.29) is 16.6 Å². The molecular formula is C24H23NO3S. The Morgan fingerprint density at radius 1 is 0.931 bits per heavy atom. The summed E-state index contributed by atoms with van der Waals surface area (Å²) < 4.78 is 11.2. The number of hydrogen-bond donors (Lipinski definition) is 0. The number of ether oxygens (including phenoxy) is 2. The van der Waals surface area contributed by atoms with E-state index in [1.165, 1.54) is 7.11 Å². The van der Waals surface area contributed by atoms with Gasteiger partial charge in [-0.3, -0.25) is 4.79 Å². The Morgan fingerprint density at radius 3 is 2.24 bits per heavy atom. The highest BCUT2D eigenvalue weighted by Crippen LogP contribution is 2.70. The number of nitrogens with zero attached hydrogens (tertiary/aromatic N) is 1. The van der Waals surface area contributed by atoms with Crippen LogP contribution in [0.25, 0.3) is 0 Å². The average molecular weight is 406 g/mol. The predicted octanol–water partition coefficient (Wildman–Crippen LogP) is 5.49. The number of carbonyl (C=O) groups excluding carboxylic acids is 1. The lowest BCUT2D eigenvalue weighted by Gasteiger charge is -2.18. The Labute approximate surface area is 175 Å². The number of aromatic nitrogens is 1. The second-order valence-corrected chi connectivity index (χ2v) is 8.79. The minimum atomic E-state index is -0.835. The molecule has 0 saturated heterocycles. The number of hydrogen-bond acceptors (Lipinski definition) is 5. The van der Waals surface area contributed by atoms with Gasteiger partial charge in [0.1, 0.15) is 11.2 Å². The molecule has 1 heterocycles. The number of thioether (sulfide) groups is 1. The maximum atomic E-state index is 13.1. The maximum Gasteiger partial charge on any atom is 0.319 e. The first kappa shape index (κ1) is 19.5. The minimum Gasteiger partial charge on any atom is -0.468 e. The van der Waals surface area contributed by atoms with Gasteiger partial charge in [-0.1, -0.05) is 56.3 Å². The summed E-state index contributed by atoms with van der Waals surface area (Å²) in [6.07, 6.45) is 0. The molecule has 2 aromatic carbocycles. The number of pyridine rings is 1. The molecule has 5 heteroatoms. The van der Waals surface area contributed by atoms with Crippen LogP contribution >= 0.6 is 11.8 Å². The topological polar surface area (TPSA) is 48.4 Å². The summed E-state index contributed by atoms with van der Waals surface area (Å²) in [5.41, 5.74) is -0.478. The van der Waals surface area contributed by atoms with Crippen molar-refractivity contribution in [3.8, 4) is 11.6 Å². The molecule has 148 valence electrons. The normalized spacial score (nSPS) is 22.0. The van der Waals surface area contributed by atoms with Crippen LogP contribution in [0.2, 0.25) is 0 Å². The van der Waals surface area contributed by atoms with Gasteiger partial charge in [0.15, 0.2) is 0 Å². The third-order valence-electron chi connectivity index (χ3n) is 5.58. The third-order valence-corrected chi connectivity index (χ3v) is 7.30. The Bertz CT molecular complexity index is 1010. The molecule has 0 radical (unpaired) electrons. The van der Waals surface area contributed by atoms with Crippen LogP contribution in [0.3, 0.4) is 0 Å². The number of para-hydroxylation sites is 1. The predicted molar refractivity (Wildman–Crippen MR) is 114 cm³/mol. The molecule has 1 aromatic heterocycles. The largest absolute Gasteiger partial charge is 0.468 e. The van der Waals surface area contributed by atoms with E-state index in [1.807, 2.05) is 60.7 Å². The molecule has 4 rings (SSSR count). The van der Waals surface area contributed by atoms with E-state index < -0.39 is 5.41 Å². The zero-order valence-corrected chi connectivity index (χ0v) is 17.5. The molecule has 0 spiro atoms. The van der Waals surface area contributed by atoms with Gasteiger partial charge in [0.2, 0.25) is 5.88 Å². The molecule has 0 amide bonds. The highest BCUT2D eigenvalue weighted by molar-refractivity contribution is 8.00. The molecule has 4 nitrogen and oxygen atoms in total. The monoisotopic (exact) mass is 405 g/mol. The van der Waals surface area contributed by atoms with E-state index in [0.29, 0.717) is 17.3 Å². The van der Waals surface area contributed by atoms with Gasteiger partial charge in [0.05, 0.1) is 12.8 Å². The van der Waals surface area contributed by atoms with Crippen molar-refractivity contribution >= 4 is 17.7 Å². The first-order valence-corrected chi connectivity index (χ1v) is 10.4. The Kier molecular flexibility index (Phi) is 5.09. The van der Waals surface area contributed by atoms with Crippen molar-refractivity contribution in [2.75, 3.05) is 7.11 Å². The molecule has 2 atom stereocenters. The van der Waals surface area contributed by atoms with Crippen LogP contribution in [0.1, 0.15) is 19.5 Å². The van der Waals surface area contributed by atoms with Crippen molar-refractivity contribution in [3.63, 3.8) is 0 Å². The lowest BCUT2D eigenvalue weighted by atomic mass is 9.92. The summed E-state index contributed by atoms with van der Waals surface area (Å²) in [5.74, 6) is 0.901. The Balaban J connectivity index is 1.71. The van der Waals surface area contributed by atoms with Crippen LogP contribution in [-0.4, -0.2) is 23.3 Å². The number of rotatable bonds is 6. The Morgan fingerprint density at radius 2 is 1.59 bits per heavy atom. The number of methoxy groups -OCH3 is 1. The van der Waals surface area contributed by atoms with Crippen LogP contribution in [0.15, 0.2) is 83.8 Å². The highest BCUT2D eigenvalue weighted by atomic mass is 32.2. The zero-order chi connectivity index (χ0) is 20.5. The van der Waals surface area contributed by atoms with Crippen LogP contribution < -0.4 is 4.74 Å². The fraction of sp³-hybridized carbons (Fsp3) is 0.250. The fourth-order valence-electron chi connectivity index (χ4n) is 3.99. The molecule has 1 aliphatic rings. The lowest BCUT2D eigenvalue weighted by molar-refractivity contribution is -0.144. The van der Waals surface area contributed by atoms with E-state index in [0.717, 1.165) is 4.90 Å². The van der Waals surface area contributed by atoms with Crippen molar-refractivity contribution in [1.29, 1.82) is 0 Å². The molecule has 0 bridgehead atoms. The molecule has 1 aliphatic carbocycles. The van der Waals surface area contributed by atoms with Crippen LogP contribution in [-0.2, 0) is 14.9 Å². The van der Waals surface area contributed by atoms with E-state index in [2.05, 4.69) is 26.0 Å². The first-order valence-electron chi connectivity index (χ1n) is 9.50. The fourth-order valence-corrected chi connectivity index (χ4v) is 5.68. The van der Waals surface area contributed by atoms with Gasteiger partial charge in [-0.05, 0) is 30.3 Å². The van der Waals surface area contributed by atoms with Gasteiger partial charge in [0, 0.05) is 21.6 Å². The molecule has 1 fully saturated rings. The van der Waals surface area contributed by atoms with Crippen molar-refractivity contribution in [2.24, 2.45) is 5.41 Å². The SMILES string of the molecule is COC(=O)C1(c2cccc(Oc3ccccc3)n2)C(Sc2ccccc2)C1(C)C. The van der Waals surface area contributed by atoms with Gasteiger partial charge in [-0.2, -0.15) is 0 Å². The maximum absolute atomic E-state index is 13.1. The second-order valence-electron chi connectivity index (χ2n) is 7.61. The standard InChI is InChI=1S/C24H23NO3S/c1-23(2)21(29-18-13-8-5-9-14-18)24(23,22(26)27-3)19-15-10-16-20(25-19)28-17-11-6-4-7-12-17/h4-16,21H,1-3H3. The van der Waals surface area contributed by atoms with E-state index in [4.69, 9.17) is 14.5 Å². The van der Waals surface area contributed by atoms with Gasteiger partial charge < -0.3 is 9.47 Å². The van der Waals surface area contributed by atoms with Crippen molar-refractivity contribution in [2.45, 2.75) is 29.4 Å². The van der Waals surface area contributed by atoms with Crippen molar-refractivity contribution in [3.05, 3.63) is 84.6 Å². The Hall–Kier alpha value is -2.79. The van der Waals surface area contributed by atoms with Gasteiger partial charge in [-0.15, -0.1) is 11.8 Å². The first-order chi connectivity index (χ1) is 14.0. The molecule has 2 unspecified atom stereocenters. The van der Waals surface area contributed by atoms with Gasteiger partial charge in [-0.25, -0.2) is 4.98 Å². The van der Waals surface area contributed by atoms with Crippen molar-refractivity contribution < 1.29 is 14.3 Å². The van der Waals surface area contributed by atoms with Crippen molar-refractivity contribution in [1.82, 2.24) is 4.98 Å². The quantitative estimate of drug-likeness (QED) is 0.508. The number of carbonyl (C=O) groups is 1. The minimum absolute atomic E-state index is 0.00400. The molecule has 3 aromatic rings. The summed E-state index contributed by atoms with van der Waals surface area (Å²) in [4.78, 5) is 18.9. The van der Waals surface area contributed by atoms with Crippen LogP contribution in [0.4, 0.5) is 0 Å². The summed E-state index contributed by atoms with van der Waals surface area (Å²) in [6, 6.07) is 25.2.